The maximum Gasteiger partial charge on any atom is 0.253 e. The summed E-state index contributed by atoms with van der Waals surface area (Å²) < 4.78 is 30.7. The average Bonchev–Trinajstić information content (AvgIpc) is 3.22. The highest BCUT2D eigenvalue weighted by molar-refractivity contribution is 9.11. The Morgan fingerprint density at radius 3 is 2.57 bits per heavy atom. The Morgan fingerprint density at radius 1 is 1.17 bits per heavy atom. The maximum atomic E-state index is 13.0. The summed E-state index contributed by atoms with van der Waals surface area (Å²) in [6, 6.07) is 11.2. The van der Waals surface area contributed by atoms with Crippen molar-refractivity contribution in [2.45, 2.75) is 17.3 Å². The molecule has 0 atom stereocenters. The van der Waals surface area contributed by atoms with Crippen LogP contribution in [-0.4, -0.2) is 17.3 Å². The summed E-state index contributed by atoms with van der Waals surface area (Å²) in [5.41, 5.74) is 0.959. The average molecular weight is 431 g/mol. The van der Waals surface area contributed by atoms with E-state index in [4.69, 9.17) is 0 Å². The van der Waals surface area contributed by atoms with E-state index in [1.165, 1.54) is 15.6 Å². The van der Waals surface area contributed by atoms with Crippen molar-refractivity contribution in [1.82, 2.24) is 8.87 Å². The molecule has 0 aromatic carbocycles. The van der Waals surface area contributed by atoms with Crippen molar-refractivity contribution in [3.63, 3.8) is 0 Å². The van der Waals surface area contributed by atoms with Crippen molar-refractivity contribution in [2.75, 3.05) is 0 Å². The van der Waals surface area contributed by atoms with E-state index in [-0.39, 0.29) is 0 Å². The molecule has 0 spiro atoms. The molecule has 0 unspecified atom stereocenters. The van der Waals surface area contributed by atoms with Crippen molar-refractivity contribution in [3.05, 3.63) is 62.3 Å². The van der Waals surface area contributed by atoms with E-state index in [1.54, 1.807) is 23.5 Å². The number of aromatic nitrogens is 1. The second-order valence-electron chi connectivity index (χ2n) is 5.02. The topological polar surface area (TPSA) is 42.3 Å². The van der Waals surface area contributed by atoms with Gasteiger partial charge in [0.2, 0.25) is 0 Å². The highest BCUT2D eigenvalue weighted by atomic mass is 79.9. The summed E-state index contributed by atoms with van der Waals surface area (Å²) in [6.07, 6.45) is 1.92. The molecule has 0 amide bonds. The van der Waals surface area contributed by atoms with Gasteiger partial charge in [0.05, 0.1) is 10.3 Å². The molecule has 23 heavy (non-hydrogen) atoms. The molecule has 0 aliphatic carbocycles. The number of hydrogen-bond donors (Lipinski definition) is 0. The van der Waals surface area contributed by atoms with Crippen molar-refractivity contribution >= 4 is 48.6 Å². The number of nitrogens with zero attached hydrogens (tertiary/aromatic N) is 2. The molecular formula is C15H15BrN2O2S3. The van der Waals surface area contributed by atoms with Gasteiger partial charge >= 0.3 is 0 Å². The van der Waals surface area contributed by atoms with E-state index >= 15 is 0 Å². The molecule has 3 aromatic rings. The number of rotatable bonds is 6. The molecule has 0 bridgehead atoms. The van der Waals surface area contributed by atoms with Gasteiger partial charge < -0.3 is 4.57 Å². The standard InChI is InChI=1S/C15H15BrN2O2S3/c1-17-8-2-4-12(17)10-18(11-13-5-3-9-21-13)23(19,20)15-7-6-14(16)22-15/h2-9H,10-11H2,1H3. The summed E-state index contributed by atoms with van der Waals surface area (Å²) in [5.74, 6) is 0. The molecule has 122 valence electrons. The highest BCUT2D eigenvalue weighted by Crippen LogP contribution is 2.30. The number of thiophene rings is 2. The number of halogens is 1. The maximum absolute atomic E-state index is 13.0. The second-order valence-corrected chi connectivity index (χ2v) is 10.7. The van der Waals surface area contributed by atoms with Crippen LogP contribution in [0.1, 0.15) is 10.6 Å². The first-order valence-corrected chi connectivity index (χ1v) is 10.8. The smallest absolute Gasteiger partial charge is 0.253 e. The Hall–Kier alpha value is -0.930. The molecule has 0 aliphatic rings. The molecule has 0 fully saturated rings. The molecule has 0 N–H and O–H groups in total. The minimum Gasteiger partial charge on any atom is -0.353 e. The van der Waals surface area contributed by atoms with Gasteiger partial charge in [-0.2, -0.15) is 4.31 Å². The molecule has 0 radical (unpaired) electrons. The third-order valence-corrected chi connectivity index (χ3v) is 8.19. The first-order valence-electron chi connectivity index (χ1n) is 6.85. The number of hydrogen-bond acceptors (Lipinski definition) is 4. The Balaban J connectivity index is 1.95. The molecule has 8 heteroatoms. The zero-order valence-electron chi connectivity index (χ0n) is 12.3. The lowest BCUT2D eigenvalue weighted by molar-refractivity contribution is 0.396. The summed E-state index contributed by atoms with van der Waals surface area (Å²) in [7, 11) is -1.61. The van der Waals surface area contributed by atoms with E-state index in [0.29, 0.717) is 17.3 Å². The fraction of sp³-hybridized carbons (Fsp3) is 0.200. The molecule has 0 aliphatic heterocycles. The lowest BCUT2D eigenvalue weighted by Crippen LogP contribution is -2.30. The summed E-state index contributed by atoms with van der Waals surface area (Å²) in [5, 5.41) is 1.96. The van der Waals surface area contributed by atoms with Crippen LogP contribution in [0.4, 0.5) is 0 Å². The summed E-state index contributed by atoms with van der Waals surface area (Å²) >= 11 is 6.14. The van der Waals surface area contributed by atoms with Gasteiger partial charge in [-0.25, -0.2) is 8.42 Å². The van der Waals surface area contributed by atoms with E-state index in [1.807, 2.05) is 47.5 Å². The first kappa shape index (κ1) is 16.9. The first-order chi connectivity index (χ1) is 11.0. The fourth-order valence-corrected chi connectivity index (χ4v) is 6.56. The van der Waals surface area contributed by atoms with Gasteiger partial charge in [0.1, 0.15) is 4.21 Å². The Labute approximate surface area is 152 Å². The van der Waals surface area contributed by atoms with E-state index in [9.17, 15) is 8.42 Å². The van der Waals surface area contributed by atoms with Crippen LogP contribution in [0.25, 0.3) is 0 Å². The number of sulfonamides is 1. The fourth-order valence-electron chi connectivity index (χ4n) is 2.21. The van der Waals surface area contributed by atoms with Crippen LogP contribution in [0, 0.1) is 0 Å². The zero-order chi connectivity index (χ0) is 16.4. The SMILES string of the molecule is Cn1cccc1CN(Cc1cccs1)S(=O)(=O)c1ccc(Br)s1. The third kappa shape index (κ3) is 3.77. The second kappa shape index (κ2) is 6.90. The summed E-state index contributed by atoms with van der Waals surface area (Å²) in [4.78, 5) is 1.03. The van der Waals surface area contributed by atoms with Crippen LogP contribution in [0.3, 0.4) is 0 Å². The zero-order valence-corrected chi connectivity index (χ0v) is 16.4. The Morgan fingerprint density at radius 2 is 2.00 bits per heavy atom. The van der Waals surface area contributed by atoms with Gasteiger partial charge in [0, 0.05) is 30.4 Å². The monoisotopic (exact) mass is 430 g/mol. The molecule has 0 saturated heterocycles. The van der Waals surface area contributed by atoms with Crippen LogP contribution >= 0.6 is 38.6 Å². The molecule has 4 nitrogen and oxygen atoms in total. The van der Waals surface area contributed by atoms with Crippen molar-refractivity contribution < 1.29 is 8.42 Å². The van der Waals surface area contributed by atoms with Gasteiger partial charge in [-0.05, 0) is 51.6 Å². The molecular weight excluding hydrogens is 416 g/mol. The lowest BCUT2D eigenvalue weighted by Gasteiger charge is -2.21. The predicted octanol–water partition coefficient (Wildman–Crippen LogP) is 4.30. The third-order valence-electron chi connectivity index (χ3n) is 3.44. The molecule has 0 saturated carbocycles. The van der Waals surface area contributed by atoms with E-state index in [0.717, 1.165) is 14.4 Å². The van der Waals surface area contributed by atoms with Crippen molar-refractivity contribution in [1.29, 1.82) is 0 Å². The van der Waals surface area contributed by atoms with Gasteiger partial charge in [0.15, 0.2) is 0 Å². The number of aryl methyl sites for hydroxylation is 1. The van der Waals surface area contributed by atoms with Gasteiger partial charge in [-0.3, -0.25) is 0 Å². The van der Waals surface area contributed by atoms with Crippen molar-refractivity contribution in [3.8, 4) is 0 Å². The van der Waals surface area contributed by atoms with Crippen LogP contribution < -0.4 is 0 Å². The largest absolute Gasteiger partial charge is 0.353 e. The quantitative estimate of drug-likeness (QED) is 0.584. The van der Waals surface area contributed by atoms with E-state index in [2.05, 4.69) is 15.9 Å². The summed E-state index contributed by atoms with van der Waals surface area (Å²) in [6.45, 7) is 0.722. The Kier molecular flexibility index (Phi) is 5.07. The normalized spacial score (nSPS) is 12.1. The van der Waals surface area contributed by atoms with Gasteiger partial charge in [-0.1, -0.05) is 6.07 Å². The lowest BCUT2D eigenvalue weighted by atomic mass is 10.4. The minimum atomic E-state index is -3.53. The van der Waals surface area contributed by atoms with Crippen LogP contribution in [0.5, 0.6) is 0 Å². The van der Waals surface area contributed by atoms with Crippen LogP contribution in [0.15, 0.2) is 56.0 Å². The van der Waals surface area contributed by atoms with Crippen LogP contribution in [-0.2, 0) is 30.2 Å². The highest BCUT2D eigenvalue weighted by Gasteiger charge is 2.27. The molecule has 3 heterocycles. The van der Waals surface area contributed by atoms with Crippen LogP contribution in [0.2, 0.25) is 0 Å². The predicted molar refractivity (Wildman–Crippen MR) is 98.2 cm³/mol. The molecule has 3 rings (SSSR count). The van der Waals surface area contributed by atoms with Gasteiger partial charge in [-0.15, -0.1) is 22.7 Å². The molecule has 3 aromatic heterocycles. The minimum absolute atomic E-state index is 0.346. The van der Waals surface area contributed by atoms with Crippen molar-refractivity contribution in [2.24, 2.45) is 7.05 Å². The Bertz CT molecular complexity index is 882. The van der Waals surface area contributed by atoms with Gasteiger partial charge in [0.25, 0.3) is 10.0 Å². The van der Waals surface area contributed by atoms with E-state index < -0.39 is 10.0 Å².